The largest absolute Gasteiger partial charge is 0.457 e. The number of hydrazone groups is 1. The van der Waals surface area contributed by atoms with Gasteiger partial charge >= 0.3 is 5.97 Å². The van der Waals surface area contributed by atoms with Crippen molar-refractivity contribution in [1.82, 2.24) is 4.83 Å². The molecule has 0 unspecified atom stereocenters. The molecule has 0 radical (unpaired) electrons. The van der Waals surface area contributed by atoms with E-state index in [1.54, 1.807) is 42.5 Å². The van der Waals surface area contributed by atoms with Gasteiger partial charge < -0.3 is 9.15 Å². The molecule has 1 N–H and O–H groups in total. The molecular weight excluding hydrogens is 404 g/mol. The normalized spacial score (nSPS) is 11.6. The number of rotatable bonds is 6. The number of benzene rings is 3. The molecule has 0 spiro atoms. The smallest absolute Gasteiger partial charge is 0.379 e. The summed E-state index contributed by atoms with van der Waals surface area (Å²) in [7, 11) is -3.80. The predicted octanol–water partition coefficient (Wildman–Crippen LogP) is 3.96. The monoisotopic (exact) mass is 420 g/mol. The minimum Gasteiger partial charge on any atom is -0.457 e. The molecule has 0 fully saturated rings. The van der Waals surface area contributed by atoms with Crippen molar-refractivity contribution in [3.05, 3.63) is 96.4 Å². The molecule has 0 aliphatic rings. The van der Waals surface area contributed by atoms with E-state index in [0.717, 1.165) is 10.8 Å². The third kappa shape index (κ3) is 4.39. The second kappa shape index (κ2) is 8.22. The van der Waals surface area contributed by atoms with Crippen molar-refractivity contribution in [1.29, 1.82) is 0 Å². The maximum Gasteiger partial charge on any atom is 0.379 e. The third-order valence-corrected chi connectivity index (χ3v) is 5.45. The van der Waals surface area contributed by atoms with Crippen LogP contribution < -0.4 is 9.57 Å². The van der Waals surface area contributed by atoms with Crippen LogP contribution in [0.5, 0.6) is 5.75 Å². The Morgan fingerprint density at radius 2 is 1.70 bits per heavy atom. The van der Waals surface area contributed by atoms with Crippen LogP contribution in [0, 0.1) is 0 Å². The number of nitrogens with one attached hydrogen (secondary N) is 1. The van der Waals surface area contributed by atoms with E-state index in [1.807, 2.05) is 24.3 Å². The lowest BCUT2D eigenvalue weighted by atomic mass is 10.1. The number of esters is 1. The van der Waals surface area contributed by atoms with Crippen LogP contribution in [0.15, 0.2) is 99.5 Å². The average Bonchev–Trinajstić information content (AvgIpc) is 3.30. The summed E-state index contributed by atoms with van der Waals surface area (Å²) < 4.78 is 35.1. The fourth-order valence-corrected chi connectivity index (χ4v) is 3.56. The summed E-state index contributed by atoms with van der Waals surface area (Å²) in [5.41, 5.74) is 0.619. The number of hydrogen-bond acceptors (Lipinski definition) is 6. The van der Waals surface area contributed by atoms with Crippen molar-refractivity contribution in [2.75, 3.05) is 0 Å². The zero-order valence-corrected chi connectivity index (χ0v) is 16.4. The first-order valence-electron chi connectivity index (χ1n) is 8.91. The van der Waals surface area contributed by atoms with E-state index in [2.05, 4.69) is 9.93 Å². The van der Waals surface area contributed by atoms with Crippen LogP contribution >= 0.6 is 0 Å². The molecule has 7 nitrogen and oxygen atoms in total. The standard InChI is InChI=1S/C22H16N2O5S/c25-22(21-6-3-13-28-21)29-19-10-7-16(8-11-19)15-23-24-30(26,27)20-12-9-17-4-1-2-5-18(17)14-20/h1-15,24H/b23-15+. The first-order chi connectivity index (χ1) is 14.5. The van der Waals surface area contributed by atoms with Gasteiger partial charge in [-0.3, -0.25) is 0 Å². The molecule has 4 aromatic rings. The van der Waals surface area contributed by atoms with Gasteiger partial charge in [0.15, 0.2) is 0 Å². The van der Waals surface area contributed by atoms with E-state index in [9.17, 15) is 13.2 Å². The van der Waals surface area contributed by atoms with Gasteiger partial charge in [-0.15, -0.1) is 0 Å². The Bertz CT molecular complexity index is 1310. The van der Waals surface area contributed by atoms with E-state index in [1.165, 1.54) is 24.6 Å². The van der Waals surface area contributed by atoms with Gasteiger partial charge in [0, 0.05) is 0 Å². The highest BCUT2D eigenvalue weighted by molar-refractivity contribution is 7.89. The van der Waals surface area contributed by atoms with Crippen molar-refractivity contribution in [3.8, 4) is 5.75 Å². The van der Waals surface area contributed by atoms with Gasteiger partial charge in [0.25, 0.3) is 10.0 Å². The van der Waals surface area contributed by atoms with Crippen LogP contribution in [0.2, 0.25) is 0 Å². The summed E-state index contributed by atoms with van der Waals surface area (Å²) in [6, 6.07) is 21.9. The lowest BCUT2D eigenvalue weighted by Gasteiger charge is -2.05. The topological polar surface area (TPSA) is 98.0 Å². The summed E-state index contributed by atoms with van der Waals surface area (Å²) >= 11 is 0. The van der Waals surface area contributed by atoms with Crippen LogP contribution in [0.3, 0.4) is 0 Å². The molecule has 3 aromatic carbocycles. The molecule has 0 amide bonds. The Hall–Kier alpha value is -3.91. The van der Waals surface area contributed by atoms with Crippen molar-refractivity contribution >= 4 is 33.0 Å². The molecule has 0 atom stereocenters. The third-order valence-electron chi connectivity index (χ3n) is 4.23. The molecular formula is C22H16N2O5S. The minimum atomic E-state index is -3.80. The summed E-state index contributed by atoms with van der Waals surface area (Å²) in [5.74, 6) is -0.182. The van der Waals surface area contributed by atoms with Gasteiger partial charge in [0.05, 0.1) is 17.4 Å². The molecule has 150 valence electrons. The van der Waals surface area contributed by atoms with Crippen molar-refractivity contribution in [2.45, 2.75) is 4.90 Å². The molecule has 1 aromatic heterocycles. The summed E-state index contributed by atoms with van der Waals surface area (Å²) in [5, 5.41) is 5.59. The van der Waals surface area contributed by atoms with E-state index in [-0.39, 0.29) is 10.7 Å². The van der Waals surface area contributed by atoms with Gasteiger partial charge in [0.2, 0.25) is 5.76 Å². The Morgan fingerprint density at radius 3 is 2.43 bits per heavy atom. The molecule has 0 saturated carbocycles. The van der Waals surface area contributed by atoms with Gasteiger partial charge in [-0.25, -0.2) is 9.63 Å². The lowest BCUT2D eigenvalue weighted by molar-refractivity contribution is 0.0701. The predicted molar refractivity (Wildman–Crippen MR) is 112 cm³/mol. The fraction of sp³-hybridized carbons (Fsp3) is 0. The number of nitrogens with zero attached hydrogens (tertiary/aromatic N) is 1. The second-order valence-corrected chi connectivity index (χ2v) is 7.96. The zero-order chi connectivity index (χ0) is 21.0. The lowest BCUT2D eigenvalue weighted by Crippen LogP contribution is -2.18. The highest BCUT2D eigenvalue weighted by atomic mass is 32.2. The van der Waals surface area contributed by atoms with Gasteiger partial charge in [-0.05, 0) is 64.9 Å². The van der Waals surface area contributed by atoms with E-state index < -0.39 is 16.0 Å². The number of furan rings is 1. The summed E-state index contributed by atoms with van der Waals surface area (Å²) in [4.78, 5) is 14.2. The molecule has 0 aliphatic carbocycles. The number of sulfonamides is 1. The number of carbonyl (C=O) groups is 1. The molecule has 0 saturated heterocycles. The Morgan fingerprint density at radius 1 is 0.933 bits per heavy atom. The molecule has 30 heavy (non-hydrogen) atoms. The van der Waals surface area contributed by atoms with Crippen LogP contribution in [0.4, 0.5) is 0 Å². The first kappa shape index (κ1) is 19.4. The maximum atomic E-state index is 12.5. The molecule has 1 heterocycles. The SMILES string of the molecule is O=C(Oc1ccc(/C=N/NS(=O)(=O)c2ccc3ccccc3c2)cc1)c1ccco1. The highest BCUT2D eigenvalue weighted by Crippen LogP contribution is 2.19. The van der Waals surface area contributed by atoms with E-state index >= 15 is 0 Å². The highest BCUT2D eigenvalue weighted by Gasteiger charge is 2.13. The Kier molecular flexibility index (Phi) is 5.32. The fourth-order valence-electron chi connectivity index (χ4n) is 2.73. The van der Waals surface area contributed by atoms with Gasteiger partial charge in [0.1, 0.15) is 5.75 Å². The van der Waals surface area contributed by atoms with Crippen molar-refractivity contribution in [2.24, 2.45) is 5.10 Å². The maximum absolute atomic E-state index is 12.5. The number of fused-ring (bicyclic) bond motifs is 1. The molecule has 0 bridgehead atoms. The quantitative estimate of drug-likeness (QED) is 0.220. The van der Waals surface area contributed by atoms with Crippen molar-refractivity contribution in [3.63, 3.8) is 0 Å². The molecule has 4 rings (SSSR count). The summed E-state index contributed by atoms with van der Waals surface area (Å²) in [6.45, 7) is 0. The Balaban J connectivity index is 1.41. The number of carbonyl (C=O) groups excluding carboxylic acids is 1. The van der Waals surface area contributed by atoms with Gasteiger partial charge in [-0.2, -0.15) is 13.5 Å². The van der Waals surface area contributed by atoms with Crippen LogP contribution in [0.1, 0.15) is 16.1 Å². The van der Waals surface area contributed by atoms with Crippen LogP contribution in [-0.4, -0.2) is 20.6 Å². The Labute approximate surface area is 172 Å². The van der Waals surface area contributed by atoms with Crippen molar-refractivity contribution < 1.29 is 22.4 Å². The van der Waals surface area contributed by atoms with Gasteiger partial charge in [-0.1, -0.05) is 30.3 Å². The number of hydrogen-bond donors (Lipinski definition) is 1. The summed E-state index contributed by atoms with van der Waals surface area (Å²) in [6.07, 6.45) is 2.74. The van der Waals surface area contributed by atoms with E-state index in [0.29, 0.717) is 11.3 Å². The average molecular weight is 420 g/mol. The second-order valence-electron chi connectivity index (χ2n) is 6.30. The van der Waals surface area contributed by atoms with Crippen LogP contribution in [0.25, 0.3) is 10.8 Å². The number of ether oxygens (including phenoxy) is 1. The molecule has 8 heteroatoms. The molecule has 0 aliphatic heterocycles. The first-order valence-corrected chi connectivity index (χ1v) is 10.4. The van der Waals surface area contributed by atoms with E-state index in [4.69, 9.17) is 9.15 Å². The minimum absolute atomic E-state index is 0.101. The van der Waals surface area contributed by atoms with Crippen LogP contribution in [-0.2, 0) is 10.0 Å². The zero-order valence-electron chi connectivity index (χ0n) is 15.6.